The van der Waals surface area contributed by atoms with E-state index in [1.54, 1.807) is 18.2 Å². The van der Waals surface area contributed by atoms with Crippen LogP contribution in [0.2, 0.25) is 10.0 Å². The van der Waals surface area contributed by atoms with Crippen LogP contribution in [0.4, 0.5) is 0 Å². The van der Waals surface area contributed by atoms with E-state index in [2.05, 4.69) is 9.97 Å². The lowest BCUT2D eigenvalue weighted by Gasteiger charge is -2.04. The Morgan fingerprint density at radius 1 is 1.30 bits per heavy atom. The van der Waals surface area contributed by atoms with Crippen LogP contribution < -0.4 is 5.56 Å². The Hall–Kier alpha value is -1.01. The molecule has 0 fully saturated rings. The Labute approximate surface area is 133 Å². The molecule has 3 nitrogen and oxygen atoms in total. The number of hydrogen-bond acceptors (Lipinski definition) is 4. The third-order valence-corrected chi connectivity index (χ3v) is 5.01. The SMILES string of the molecule is O=c1[nH]c(SCc2ccc(Cl)cc2Cl)nc2sccc12. The van der Waals surface area contributed by atoms with Crippen LogP contribution in [-0.4, -0.2) is 9.97 Å². The number of fused-ring (bicyclic) bond motifs is 1. The molecule has 0 bridgehead atoms. The number of aromatic amines is 1. The number of aromatic nitrogens is 2. The zero-order valence-electron chi connectivity index (χ0n) is 10.0. The van der Waals surface area contributed by atoms with Crippen molar-refractivity contribution in [1.29, 1.82) is 0 Å². The summed E-state index contributed by atoms with van der Waals surface area (Å²) < 4.78 is 0. The molecule has 0 radical (unpaired) electrons. The van der Waals surface area contributed by atoms with Crippen molar-refractivity contribution in [3.8, 4) is 0 Å². The predicted octanol–water partition coefficient (Wildman–Crippen LogP) is 4.58. The van der Waals surface area contributed by atoms with Crippen LogP contribution in [0.25, 0.3) is 10.2 Å². The Balaban J connectivity index is 1.84. The molecule has 20 heavy (non-hydrogen) atoms. The summed E-state index contributed by atoms with van der Waals surface area (Å²) in [5.74, 6) is 0.621. The van der Waals surface area contributed by atoms with Crippen molar-refractivity contribution in [2.75, 3.05) is 0 Å². The van der Waals surface area contributed by atoms with Gasteiger partial charge >= 0.3 is 0 Å². The summed E-state index contributed by atoms with van der Waals surface area (Å²) in [7, 11) is 0. The molecule has 0 atom stereocenters. The highest BCUT2D eigenvalue weighted by molar-refractivity contribution is 7.98. The lowest BCUT2D eigenvalue weighted by atomic mass is 10.2. The van der Waals surface area contributed by atoms with Gasteiger partial charge in [-0.2, -0.15) is 0 Å². The van der Waals surface area contributed by atoms with E-state index in [4.69, 9.17) is 23.2 Å². The van der Waals surface area contributed by atoms with E-state index in [1.165, 1.54) is 23.1 Å². The maximum Gasteiger partial charge on any atom is 0.260 e. The smallest absolute Gasteiger partial charge is 0.260 e. The number of thiophene rings is 1. The fraction of sp³-hybridized carbons (Fsp3) is 0.0769. The second kappa shape index (κ2) is 5.77. The fourth-order valence-electron chi connectivity index (χ4n) is 1.70. The van der Waals surface area contributed by atoms with E-state index >= 15 is 0 Å². The van der Waals surface area contributed by atoms with Gasteiger partial charge in [0.1, 0.15) is 4.83 Å². The van der Waals surface area contributed by atoms with E-state index < -0.39 is 0 Å². The Kier molecular flexibility index (Phi) is 4.03. The van der Waals surface area contributed by atoms with Crippen LogP contribution in [0.3, 0.4) is 0 Å². The van der Waals surface area contributed by atoms with E-state index in [-0.39, 0.29) is 5.56 Å². The number of halogens is 2. The molecule has 1 N–H and O–H groups in total. The van der Waals surface area contributed by atoms with E-state index in [0.29, 0.717) is 26.3 Å². The monoisotopic (exact) mass is 342 g/mol. The van der Waals surface area contributed by atoms with E-state index in [0.717, 1.165) is 10.4 Å². The number of nitrogens with zero attached hydrogens (tertiary/aromatic N) is 1. The topological polar surface area (TPSA) is 45.8 Å². The van der Waals surface area contributed by atoms with Gasteiger partial charge in [0.2, 0.25) is 0 Å². The molecule has 0 spiro atoms. The minimum atomic E-state index is -0.110. The molecule has 102 valence electrons. The normalized spacial score (nSPS) is 11.1. The summed E-state index contributed by atoms with van der Waals surface area (Å²) in [5, 5.41) is 4.30. The maximum absolute atomic E-state index is 11.8. The fourth-order valence-corrected chi connectivity index (χ4v) is 3.94. The first kappa shape index (κ1) is 13.9. The summed E-state index contributed by atoms with van der Waals surface area (Å²) in [4.78, 5) is 19.8. The van der Waals surface area contributed by atoms with Gasteiger partial charge in [0.15, 0.2) is 5.16 Å². The van der Waals surface area contributed by atoms with Crippen molar-refractivity contribution in [2.45, 2.75) is 10.9 Å². The quantitative estimate of drug-likeness (QED) is 0.559. The van der Waals surface area contributed by atoms with Gasteiger partial charge in [0.25, 0.3) is 5.56 Å². The van der Waals surface area contributed by atoms with Gasteiger partial charge in [-0.15, -0.1) is 11.3 Å². The third-order valence-electron chi connectivity index (χ3n) is 2.69. The molecule has 2 aromatic heterocycles. The standard InChI is InChI=1S/C13H8Cl2N2OS2/c14-8-2-1-7(10(15)5-8)6-20-13-16-11(18)9-3-4-19-12(9)17-13/h1-5H,6H2,(H,16,17,18). The average Bonchev–Trinajstić information content (AvgIpc) is 2.86. The molecule has 0 aliphatic carbocycles. The molecular formula is C13H8Cl2N2OS2. The highest BCUT2D eigenvalue weighted by atomic mass is 35.5. The molecule has 0 aliphatic rings. The van der Waals surface area contributed by atoms with Crippen LogP contribution in [-0.2, 0) is 5.75 Å². The highest BCUT2D eigenvalue weighted by Gasteiger charge is 2.07. The molecule has 0 aliphatic heterocycles. The maximum atomic E-state index is 11.8. The van der Waals surface area contributed by atoms with Gasteiger partial charge in [-0.3, -0.25) is 4.79 Å². The first-order valence-electron chi connectivity index (χ1n) is 5.68. The molecule has 2 heterocycles. The Morgan fingerprint density at radius 3 is 2.95 bits per heavy atom. The van der Waals surface area contributed by atoms with Gasteiger partial charge in [-0.25, -0.2) is 4.98 Å². The number of benzene rings is 1. The van der Waals surface area contributed by atoms with Crippen molar-refractivity contribution in [3.05, 3.63) is 55.6 Å². The van der Waals surface area contributed by atoms with Gasteiger partial charge in [0.05, 0.1) is 5.39 Å². The van der Waals surface area contributed by atoms with Gasteiger partial charge in [0, 0.05) is 15.8 Å². The van der Waals surface area contributed by atoms with Gasteiger partial charge < -0.3 is 4.98 Å². The largest absolute Gasteiger partial charge is 0.301 e. The molecule has 7 heteroatoms. The molecular weight excluding hydrogens is 335 g/mol. The summed E-state index contributed by atoms with van der Waals surface area (Å²) in [6.07, 6.45) is 0. The van der Waals surface area contributed by atoms with Crippen molar-refractivity contribution >= 4 is 56.5 Å². The zero-order valence-corrected chi connectivity index (χ0v) is 13.2. The third kappa shape index (κ3) is 2.86. The molecule has 1 aromatic carbocycles. The number of rotatable bonds is 3. The minimum Gasteiger partial charge on any atom is -0.301 e. The predicted molar refractivity (Wildman–Crippen MR) is 86.3 cm³/mol. The number of hydrogen-bond donors (Lipinski definition) is 1. The van der Waals surface area contributed by atoms with E-state index in [1.807, 2.05) is 11.4 Å². The zero-order chi connectivity index (χ0) is 14.1. The summed E-state index contributed by atoms with van der Waals surface area (Å²) >= 11 is 14.9. The Bertz CT molecular complexity index is 829. The van der Waals surface area contributed by atoms with Crippen LogP contribution >= 0.6 is 46.3 Å². The second-order valence-electron chi connectivity index (χ2n) is 4.03. The van der Waals surface area contributed by atoms with Gasteiger partial charge in [-0.1, -0.05) is 41.0 Å². The van der Waals surface area contributed by atoms with E-state index in [9.17, 15) is 4.79 Å². The van der Waals surface area contributed by atoms with Crippen molar-refractivity contribution in [1.82, 2.24) is 9.97 Å². The molecule has 0 saturated carbocycles. The average molecular weight is 343 g/mol. The van der Waals surface area contributed by atoms with Crippen LogP contribution in [0.15, 0.2) is 39.6 Å². The lowest BCUT2D eigenvalue weighted by Crippen LogP contribution is -2.07. The minimum absolute atomic E-state index is 0.110. The van der Waals surface area contributed by atoms with Gasteiger partial charge in [-0.05, 0) is 29.1 Å². The molecule has 3 rings (SSSR count). The summed E-state index contributed by atoms with van der Waals surface area (Å²) in [6, 6.07) is 7.15. The molecule has 0 saturated heterocycles. The first-order valence-corrected chi connectivity index (χ1v) is 8.30. The second-order valence-corrected chi connectivity index (χ2v) is 6.74. The van der Waals surface area contributed by atoms with Crippen molar-refractivity contribution in [2.24, 2.45) is 0 Å². The highest BCUT2D eigenvalue weighted by Crippen LogP contribution is 2.27. The molecule has 0 amide bonds. The first-order chi connectivity index (χ1) is 9.63. The van der Waals surface area contributed by atoms with Crippen molar-refractivity contribution in [3.63, 3.8) is 0 Å². The summed E-state index contributed by atoms with van der Waals surface area (Å²) in [6.45, 7) is 0. The number of thioether (sulfide) groups is 1. The van der Waals surface area contributed by atoms with Crippen LogP contribution in [0, 0.1) is 0 Å². The molecule has 3 aromatic rings. The lowest BCUT2D eigenvalue weighted by molar-refractivity contribution is 0.979. The Morgan fingerprint density at radius 2 is 2.15 bits per heavy atom. The number of nitrogens with one attached hydrogen (secondary N) is 1. The van der Waals surface area contributed by atoms with Crippen LogP contribution in [0.5, 0.6) is 0 Å². The number of H-pyrrole nitrogens is 1. The van der Waals surface area contributed by atoms with Crippen molar-refractivity contribution < 1.29 is 0 Å². The summed E-state index contributed by atoms with van der Waals surface area (Å²) in [5.41, 5.74) is 0.843. The molecule has 0 unspecified atom stereocenters. The van der Waals surface area contributed by atoms with Crippen LogP contribution in [0.1, 0.15) is 5.56 Å².